The predicted molar refractivity (Wildman–Crippen MR) is 103 cm³/mol. The lowest BCUT2D eigenvalue weighted by molar-refractivity contribution is -0.149. The molecule has 3 heterocycles. The Kier molecular flexibility index (Phi) is 5.21. The van der Waals surface area contributed by atoms with E-state index in [0.29, 0.717) is 23.8 Å². The Labute approximate surface area is 165 Å². The van der Waals surface area contributed by atoms with Crippen LogP contribution < -0.4 is 4.90 Å². The van der Waals surface area contributed by atoms with Crippen LogP contribution in [-0.4, -0.2) is 29.8 Å². The maximum atomic E-state index is 12.4. The summed E-state index contributed by atoms with van der Waals surface area (Å²) in [5.74, 6) is 0.0181. The fourth-order valence-electron chi connectivity index (χ4n) is 3.07. The van der Waals surface area contributed by atoms with E-state index in [0.717, 1.165) is 10.6 Å². The quantitative estimate of drug-likeness (QED) is 0.462. The van der Waals surface area contributed by atoms with Crippen LogP contribution in [0.5, 0.6) is 0 Å². The van der Waals surface area contributed by atoms with Crippen molar-refractivity contribution in [3.8, 4) is 11.5 Å². The summed E-state index contributed by atoms with van der Waals surface area (Å²) in [5.41, 5.74) is 1.28. The zero-order chi connectivity index (χ0) is 19.5. The minimum Gasteiger partial charge on any atom is -0.461 e. The number of aromatic nitrogens is 1. The van der Waals surface area contributed by atoms with Gasteiger partial charge >= 0.3 is 5.97 Å². The molecule has 1 fully saturated rings. The summed E-state index contributed by atoms with van der Waals surface area (Å²) in [6.45, 7) is 0.293. The third-order valence-corrected chi connectivity index (χ3v) is 5.23. The lowest BCUT2D eigenvalue weighted by Crippen LogP contribution is -2.26. The van der Waals surface area contributed by atoms with Crippen molar-refractivity contribution in [2.75, 3.05) is 17.7 Å². The zero-order valence-electron chi connectivity index (χ0n) is 15.2. The molecular weight excluding hydrogens is 380 g/mol. The molecule has 3 aromatic rings. The number of esters is 1. The van der Waals surface area contributed by atoms with Gasteiger partial charge in [-0.25, -0.2) is 0 Å². The molecule has 0 radical (unpaired) electrons. The highest BCUT2D eigenvalue weighted by Crippen LogP contribution is 2.29. The number of furan rings is 1. The summed E-state index contributed by atoms with van der Waals surface area (Å²) in [6.07, 6.45) is 3.65. The molecule has 1 aromatic carbocycles. The number of carbonyl (C=O) groups excluding carboxylic acids is 2. The first-order chi connectivity index (χ1) is 13.6. The number of anilines is 1. The van der Waals surface area contributed by atoms with Gasteiger partial charge in [-0.05, 0) is 36.6 Å². The molecule has 0 saturated carbocycles. The molecule has 1 saturated heterocycles. The minimum atomic E-state index is -0.498. The molecule has 1 aliphatic heterocycles. The van der Waals surface area contributed by atoms with Gasteiger partial charge in [-0.2, -0.15) is 0 Å². The van der Waals surface area contributed by atoms with Crippen molar-refractivity contribution >= 4 is 29.3 Å². The lowest BCUT2D eigenvalue weighted by atomic mass is 10.1. The number of hydrogen-bond donors (Lipinski definition) is 0. The third-order valence-electron chi connectivity index (χ3n) is 4.51. The fraction of sp³-hybridized carbons (Fsp3) is 0.250. The van der Waals surface area contributed by atoms with Gasteiger partial charge < -0.3 is 18.6 Å². The summed E-state index contributed by atoms with van der Waals surface area (Å²) in [6, 6.07) is 12.9. The van der Waals surface area contributed by atoms with Crippen LogP contribution in [0.2, 0.25) is 0 Å². The van der Waals surface area contributed by atoms with E-state index in [2.05, 4.69) is 5.16 Å². The molecule has 144 valence electrons. The van der Waals surface area contributed by atoms with E-state index in [1.54, 1.807) is 34.9 Å². The van der Waals surface area contributed by atoms with Gasteiger partial charge in [0.2, 0.25) is 11.7 Å². The number of benzene rings is 1. The molecule has 0 aliphatic carbocycles. The third kappa shape index (κ3) is 3.82. The first-order valence-corrected chi connectivity index (χ1v) is 9.97. The summed E-state index contributed by atoms with van der Waals surface area (Å²) in [7, 11) is 0. The van der Waals surface area contributed by atoms with E-state index in [4.69, 9.17) is 13.7 Å². The van der Waals surface area contributed by atoms with E-state index in [1.165, 1.54) is 6.26 Å². The van der Waals surface area contributed by atoms with Gasteiger partial charge in [0.1, 0.15) is 12.3 Å². The van der Waals surface area contributed by atoms with Gasteiger partial charge in [0.15, 0.2) is 5.76 Å². The summed E-state index contributed by atoms with van der Waals surface area (Å²) in [5, 5.41) is 3.88. The van der Waals surface area contributed by atoms with E-state index >= 15 is 0 Å². The van der Waals surface area contributed by atoms with Gasteiger partial charge in [0, 0.05) is 29.6 Å². The largest absolute Gasteiger partial charge is 0.461 e. The molecule has 7 nitrogen and oxygen atoms in total. The van der Waals surface area contributed by atoms with Crippen LogP contribution >= 0.6 is 11.8 Å². The fourth-order valence-corrected chi connectivity index (χ4v) is 3.52. The molecule has 1 atom stereocenters. The SMILES string of the molecule is CSc1cccc(N2C[C@H](C(=O)OCc3cc(-c4ccco4)on3)CC2=O)c1. The molecule has 1 aliphatic rings. The Hall–Kier alpha value is -3.00. The average molecular weight is 398 g/mol. The molecule has 0 bridgehead atoms. The van der Waals surface area contributed by atoms with Crippen LogP contribution in [0, 0.1) is 5.92 Å². The average Bonchev–Trinajstić information content (AvgIpc) is 3.46. The molecule has 0 N–H and O–H groups in total. The maximum absolute atomic E-state index is 12.4. The van der Waals surface area contributed by atoms with E-state index < -0.39 is 11.9 Å². The van der Waals surface area contributed by atoms with Crippen LogP contribution in [0.25, 0.3) is 11.5 Å². The van der Waals surface area contributed by atoms with Gasteiger partial charge in [0.05, 0.1) is 12.2 Å². The smallest absolute Gasteiger partial charge is 0.311 e. The van der Waals surface area contributed by atoms with Gasteiger partial charge in [-0.3, -0.25) is 9.59 Å². The molecule has 0 unspecified atom stereocenters. The Morgan fingerprint density at radius 2 is 2.18 bits per heavy atom. The zero-order valence-corrected chi connectivity index (χ0v) is 16.0. The number of carbonyl (C=O) groups is 2. The molecule has 4 rings (SSSR count). The highest BCUT2D eigenvalue weighted by atomic mass is 32.2. The van der Waals surface area contributed by atoms with Gasteiger partial charge in [-0.1, -0.05) is 11.2 Å². The maximum Gasteiger partial charge on any atom is 0.311 e. The Morgan fingerprint density at radius 3 is 2.96 bits per heavy atom. The molecule has 2 aromatic heterocycles. The van der Waals surface area contributed by atoms with Crippen LogP contribution in [0.15, 0.2) is 62.6 Å². The molecule has 28 heavy (non-hydrogen) atoms. The number of thioether (sulfide) groups is 1. The molecule has 8 heteroatoms. The number of amides is 1. The number of hydrogen-bond acceptors (Lipinski definition) is 7. The lowest BCUT2D eigenvalue weighted by Gasteiger charge is -2.17. The van der Waals surface area contributed by atoms with E-state index in [9.17, 15) is 9.59 Å². The van der Waals surface area contributed by atoms with Gasteiger partial charge in [0.25, 0.3) is 0 Å². The Bertz CT molecular complexity index is 982. The summed E-state index contributed by atoms with van der Waals surface area (Å²) in [4.78, 5) is 27.5. The van der Waals surface area contributed by atoms with E-state index in [1.807, 2.05) is 30.5 Å². The number of nitrogens with zero attached hydrogens (tertiary/aromatic N) is 2. The normalized spacial score (nSPS) is 16.5. The molecule has 0 spiro atoms. The van der Waals surface area contributed by atoms with Crippen LogP contribution in [0.4, 0.5) is 5.69 Å². The molecular formula is C20H18N2O5S. The minimum absolute atomic E-state index is 0.0182. The van der Waals surface area contributed by atoms with Crippen molar-refractivity contribution < 1.29 is 23.3 Å². The Balaban J connectivity index is 1.36. The highest BCUT2D eigenvalue weighted by Gasteiger charge is 2.36. The monoisotopic (exact) mass is 398 g/mol. The summed E-state index contributed by atoms with van der Waals surface area (Å²) < 4.78 is 15.8. The first-order valence-electron chi connectivity index (χ1n) is 8.74. The second-order valence-electron chi connectivity index (χ2n) is 6.37. The van der Waals surface area contributed by atoms with Crippen molar-refractivity contribution in [1.29, 1.82) is 0 Å². The summed E-state index contributed by atoms with van der Waals surface area (Å²) >= 11 is 1.60. The van der Waals surface area contributed by atoms with Gasteiger partial charge in [-0.15, -0.1) is 11.8 Å². The Morgan fingerprint density at radius 1 is 1.29 bits per heavy atom. The first kappa shape index (κ1) is 18.4. The van der Waals surface area contributed by atoms with Crippen molar-refractivity contribution in [3.05, 3.63) is 54.4 Å². The van der Waals surface area contributed by atoms with Crippen LogP contribution in [-0.2, 0) is 20.9 Å². The van der Waals surface area contributed by atoms with Crippen molar-refractivity contribution in [1.82, 2.24) is 5.16 Å². The standard InChI is InChI=1S/C20H18N2O5S/c1-28-16-5-2-4-15(10-16)22-11-13(8-19(22)23)20(24)26-12-14-9-18(27-21-14)17-6-3-7-25-17/h2-7,9-10,13H,8,11-12H2,1H3/t13-/m1/s1. The second-order valence-corrected chi connectivity index (χ2v) is 7.25. The van der Waals surface area contributed by atoms with Crippen LogP contribution in [0.1, 0.15) is 12.1 Å². The topological polar surface area (TPSA) is 85.8 Å². The predicted octanol–water partition coefficient (Wildman–Crippen LogP) is 3.75. The van der Waals surface area contributed by atoms with E-state index in [-0.39, 0.29) is 18.9 Å². The van der Waals surface area contributed by atoms with Crippen molar-refractivity contribution in [2.45, 2.75) is 17.9 Å². The number of ether oxygens (including phenoxy) is 1. The van der Waals surface area contributed by atoms with Crippen molar-refractivity contribution in [3.63, 3.8) is 0 Å². The number of rotatable bonds is 6. The molecule has 1 amide bonds. The second kappa shape index (κ2) is 7.93. The van der Waals surface area contributed by atoms with Crippen molar-refractivity contribution in [2.24, 2.45) is 5.92 Å². The van der Waals surface area contributed by atoms with Crippen LogP contribution in [0.3, 0.4) is 0 Å². The highest BCUT2D eigenvalue weighted by molar-refractivity contribution is 7.98.